The summed E-state index contributed by atoms with van der Waals surface area (Å²) < 4.78 is 16.5. The molecule has 0 amide bonds. The summed E-state index contributed by atoms with van der Waals surface area (Å²) in [7, 11) is 2.75. The van der Waals surface area contributed by atoms with E-state index >= 15 is 0 Å². The molecule has 0 radical (unpaired) electrons. The number of aliphatic hydroxyl groups is 3. The van der Waals surface area contributed by atoms with Gasteiger partial charge in [0, 0.05) is 6.42 Å². The molecule has 2 aromatic rings. The van der Waals surface area contributed by atoms with E-state index in [1.165, 1.54) is 5.94 Å². The molecule has 1 heterocycles. The fraction of sp³-hybridized carbons (Fsp3) is 0.364. The number of aliphatic hydroxyl groups excluding tert-OH is 3. The molecule has 0 bridgehead atoms. The van der Waals surface area contributed by atoms with Gasteiger partial charge in [-0.25, -0.2) is 4.79 Å². The molecule has 0 aliphatic carbocycles. The Hall–Kier alpha value is -2.91. The molecule has 3 rings (SSSR count). The molecule has 1 saturated heterocycles. The monoisotopic (exact) mass is 432 g/mol. The van der Waals surface area contributed by atoms with Crippen molar-refractivity contribution in [2.45, 2.75) is 37.1 Å². The summed E-state index contributed by atoms with van der Waals surface area (Å²) in [4.78, 5) is 20.2. The SMILES string of the molecule is COOC(=C=O)[C@H]1O[C@@H](Oc2ccccc2Cc2ccc(OC)cc2)[C@H](O)[C@@H](O)[C@@H]1O. The Morgan fingerprint density at radius 2 is 1.71 bits per heavy atom. The van der Waals surface area contributed by atoms with Crippen LogP contribution in [0.1, 0.15) is 11.1 Å². The molecule has 0 spiro atoms. The van der Waals surface area contributed by atoms with E-state index in [0.29, 0.717) is 12.2 Å². The Kier molecular flexibility index (Phi) is 7.64. The summed E-state index contributed by atoms with van der Waals surface area (Å²) in [6.45, 7) is 0. The number of para-hydroxylation sites is 1. The van der Waals surface area contributed by atoms with Crippen molar-refractivity contribution in [1.29, 1.82) is 0 Å². The highest BCUT2D eigenvalue weighted by Crippen LogP contribution is 2.30. The first-order valence-corrected chi connectivity index (χ1v) is 9.51. The van der Waals surface area contributed by atoms with E-state index < -0.39 is 36.5 Å². The van der Waals surface area contributed by atoms with Crippen molar-refractivity contribution >= 4 is 5.94 Å². The molecule has 0 unspecified atom stereocenters. The van der Waals surface area contributed by atoms with E-state index in [4.69, 9.17) is 14.2 Å². The lowest BCUT2D eigenvalue weighted by Gasteiger charge is -2.39. The first-order chi connectivity index (χ1) is 15.0. The van der Waals surface area contributed by atoms with E-state index in [2.05, 4.69) is 9.78 Å². The minimum Gasteiger partial charge on any atom is -0.497 e. The average molecular weight is 432 g/mol. The average Bonchev–Trinajstić information content (AvgIpc) is 2.79. The third-order valence-electron chi connectivity index (χ3n) is 4.87. The highest BCUT2D eigenvalue weighted by molar-refractivity contribution is 5.51. The van der Waals surface area contributed by atoms with E-state index in [1.807, 2.05) is 36.4 Å². The Labute approximate surface area is 178 Å². The van der Waals surface area contributed by atoms with Gasteiger partial charge in [-0.05, 0) is 29.3 Å². The van der Waals surface area contributed by atoms with Crippen LogP contribution in [0.5, 0.6) is 11.5 Å². The molecular formula is C22H24O9. The van der Waals surface area contributed by atoms with Gasteiger partial charge in [0.2, 0.25) is 6.29 Å². The molecule has 1 fully saturated rings. The van der Waals surface area contributed by atoms with Crippen molar-refractivity contribution in [3.05, 3.63) is 65.4 Å². The highest BCUT2D eigenvalue weighted by Gasteiger charge is 2.48. The summed E-state index contributed by atoms with van der Waals surface area (Å²) in [6.07, 6.45) is -7.24. The molecule has 1 aliphatic rings. The molecule has 5 atom stereocenters. The maximum Gasteiger partial charge on any atom is 0.256 e. The van der Waals surface area contributed by atoms with Gasteiger partial charge in [0.05, 0.1) is 14.2 Å². The van der Waals surface area contributed by atoms with Gasteiger partial charge in [-0.3, -0.25) is 0 Å². The van der Waals surface area contributed by atoms with E-state index in [-0.39, 0.29) is 0 Å². The second-order valence-corrected chi connectivity index (χ2v) is 6.86. The molecule has 166 valence electrons. The predicted octanol–water partition coefficient (Wildman–Crippen LogP) is 0.766. The molecule has 3 N–H and O–H groups in total. The van der Waals surface area contributed by atoms with Crippen molar-refractivity contribution in [2.24, 2.45) is 0 Å². The smallest absolute Gasteiger partial charge is 0.256 e. The molecule has 0 saturated carbocycles. The lowest BCUT2D eigenvalue weighted by molar-refractivity contribution is -0.300. The number of ether oxygens (including phenoxy) is 3. The first kappa shape index (κ1) is 22.8. The van der Waals surface area contributed by atoms with E-state index in [0.717, 1.165) is 24.0 Å². The lowest BCUT2D eigenvalue weighted by atomic mass is 9.98. The fourth-order valence-corrected chi connectivity index (χ4v) is 3.23. The van der Waals surface area contributed by atoms with Crippen LogP contribution in [0.25, 0.3) is 0 Å². The van der Waals surface area contributed by atoms with Gasteiger partial charge in [0.15, 0.2) is 12.0 Å². The number of rotatable bonds is 8. The molecule has 31 heavy (non-hydrogen) atoms. The number of hydrogen-bond acceptors (Lipinski definition) is 9. The summed E-state index contributed by atoms with van der Waals surface area (Å²) in [5, 5.41) is 30.8. The molecule has 2 aromatic carbocycles. The van der Waals surface area contributed by atoms with Crippen molar-refractivity contribution in [2.75, 3.05) is 14.2 Å². The Morgan fingerprint density at radius 3 is 2.35 bits per heavy atom. The standard InChI is InChI=1S/C22H24O9/c1-27-15-9-7-13(8-10-15)11-14-5-3-4-6-16(14)29-22-20(26)18(24)19(25)21(30-22)17(12-23)31-28-2/h3-10,18-22,24-26H,11H2,1-2H3/t18-,19-,20+,21+,22+/m0/s1. The minimum atomic E-state index is -1.67. The Morgan fingerprint density at radius 1 is 1.00 bits per heavy atom. The lowest BCUT2D eigenvalue weighted by Crippen LogP contribution is -2.59. The van der Waals surface area contributed by atoms with Crippen molar-refractivity contribution in [3.63, 3.8) is 0 Å². The van der Waals surface area contributed by atoms with Crippen LogP contribution in [-0.2, 0) is 25.7 Å². The largest absolute Gasteiger partial charge is 0.497 e. The summed E-state index contributed by atoms with van der Waals surface area (Å²) in [5.41, 5.74) is 1.79. The molecule has 0 aromatic heterocycles. The maximum atomic E-state index is 11.1. The van der Waals surface area contributed by atoms with Crippen LogP contribution >= 0.6 is 0 Å². The van der Waals surface area contributed by atoms with Crippen LogP contribution in [0.2, 0.25) is 0 Å². The van der Waals surface area contributed by atoms with Crippen LogP contribution in [0.4, 0.5) is 0 Å². The van der Waals surface area contributed by atoms with Crippen LogP contribution < -0.4 is 9.47 Å². The predicted molar refractivity (Wildman–Crippen MR) is 107 cm³/mol. The third-order valence-corrected chi connectivity index (χ3v) is 4.87. The molecular weight excluding hydrogens is 408 g/mol. The van der Waals surface area contributed by atoms with Gasteiger partial charge in [-0.15, -0.1) is 0 Å². The van der Waals surface area contributed by atoms with Crippen LogP contribution in [0, 0.1) is 0 Å². The van der Waals surface area contributed by atoms with Crippen molar-refractivity contribution in [1.82, 2.24) is 0 Å². The quantitative estimate of drug-likeness (QED) is 0.240. The van der Waals surface area contributed by atoms with Crippen LogP contribution in [0.15, 0.2) is 54.3 Å². The number of carbonyl (C=O) groups excluding carboxylic acids is 1. The summed E-state index contributed by atoms with van der Waals surface area (Å²) >= 11 is 0. The van der Waals surface area contributed by atoms with E-state index in [9.17, 15) is 20.1 Å². The van der Waals surface area contributed by atoms with Gasteiger partial charge in [0.25, 0.3) is 5.76 Å². The zero-order chi connectivity index (χ0) is 22.4. The van der Waals surface area contributed by atoms with Gasteiger partial charge < -0.3 is 34.4 Å². The van der Waals surface area contributed by atoms with Crippen LogP contribution in [-0.4, -0.2) is 66.2 Å². The first-order valence-electron chi connectivity index (χ1n) is 9.51. The summed E-state index contributed by atoms with van der Waals surface area (Å²) in [6, 6.07) is 14.6. The van der Waals surface area contributed by atoms with Gasteiger partial charge >= 0.3 is 0 Å². The molecule has 9 nitrogen and oxygen atoms in total. The molecule has 9 heteroatoms. The van der Waals surface area contributed by atoms with Gasteiger partial charge in [-0.2, -0.15) is 4.89 Å². The fourth-order valence-electron chi connectivity index (χ4n) is 3.23. The minimum absolute atomic E-state index is 0.397. The number of methoxy groups -OCH3 is 1. The number of hydrogen-bond donors (Lipinski definition) is 3. The molecule has 1 aliphatic heterocycles. The Bertz CT molecular complexity index is 907. The second-order valence-electron chi connectivity index (χ2n) is 6.86. The Balaban J connectivity index is 1.81. The van der Waals surface area contributed by atoms with E-state index in [1.54, 1.807) is 19.2 Å². The maximum absolute atomic E-state index is 11.1. The van der Waals surface area contributed by atoms with Crippen molar-refractivity contribution in [3.8, 4) is 11.5 Å². The third kappa shape index (κ3) is 5.23. The van der Waals surface area contributed by atoms with Crippen LogP contribution in [0.3, 0.4) is 0 Å². The number of benzene rings is 2. The zero-order valence-electron chi connectivity index (χ0n) is 17.0. The van der Waals surface area contributed by atoms with Gasteiger partial charge in [-0.1, -0.05) is 30.3 Å². The normalized spacial score (nSPS) is 25.4. The van der Waals surface area contributed by atoms with Gasteiger partial charge in [0.1, 0.15) is 29.8 Å². The summed E-state index contributed by atoms with van der Waals surface area (Å²) in [5.74, 6) is 2.06. The van der Waals surface area contributed by atoms with Crippen molar-refractivity contribution < 1.29 is 44.1 Å². The zero-order valence-corrected chi connectivity index (χ0v) is 17.0. The topological polar surface area (TPSA) is 124 Å². The second kappa shape index (κ2) is 10.4. The highest BCUT2D eigenvalue weighted by atomic mass is 17.2.